The molecule has 0 spiro atoms. The van der Waals surface area contributed by atoms with Gasteiger partial charge in [0.15, 0.2) is 5.65 Å². The van der Waals surface area contributed by atoms with Gasteiger partial charge in [0.1, 0.15) is 5.82 Å². The van der Waals surface area contributed by atoms with Gasteiger partial charge in [-0.25, -0.2) is 4.98 Å². The Bertz CT molecular complexity index is 659. The summed E-state index contributed by atoms with van der Waals surface area (Å²) >= 11 is 0. The molecule has 3 rings (SSSR count). The Labute approximate surface area is 97.7 Å². The van der Waals surface area contributed by atoms with Crippen LogP contribution in [-0.4, -0.2) is 15.2 Å². The number of nitrogens with zero attached hydrogens (tertiary/aromatic N) is 2. The van der Waals surface area contributed by atoms with Crippen LogP contribution in [0.5, 0.6) is 0 Å². The van der Waals surface area contributed by atoms with Crippen molar-refractivity contribution in [3.63, 3.8) is 0 Å². The van der Waals surface area contributed by atoms with E-state index in [1.807, 2.05) is 36.4 Å². The van der Waals surface area contributed by atoms with Gasteiger partial charge < -0.3 is 11.1 Å². The number of aromatic nitrogens is 3. The molecule has 17 heavy (non-hydrogen) atoms. The summed E-state index contributed by atoms with van der Waals surface area (Å²) in [4.78, 5) is 4.15. The van der Waals surface area contributed by atoms with Gasteiger partial charge in [-0.3, -0.25) is 5.10 Å². The van der Waals surface area contributed by atoms with Gasteiger partial charge >= 0.3 is 0 Å². The summed E-state index contributed by atoms with van der Waals surface area (Å²) in [6.07, 6.45) is 1.72. The first-order valence-electron chi connectivity index (χ1n) is 5.24. The lowest BCUT2D eigenvalue weighted by atomic mass is 10.2. The molecule has 84 valence electrons. The number of nitrogens with one attached hydrogen (secondary N) is 2. The molecule has 5 nitrogen and oxygen atoms in total. The highest BCUT2D eigenvalue weighted by Crippen LogP contribution is 2.23. The zero-order chi connectivity index (χ0) is 11.7. The molecule has 5 heteroatoms. The summed E-state index contributed by atoms with van der Waals surface area (Å²) in [6.45, 7) is 0. The van der Waals surface area contributed by atoms with Crippen LogP contribution in [0, 0.1) is 0 Å². The molecule has 0 aliphatic carbocycles. The monoisotopic (exact) mass is 225 g/mol. The van der Waals surface area contributed by atoms with E-state index in [1.54, 1.807) is 6.20 Å². The van der Waals surface area contributed by atoms with Gasteiger partial charge in [0.05, 0.1) is 5.39 Å². The van der Waals surface area contributed by atoms with E-state index in [1.165, 1.54) is 0 Å². The second-order valence-electron chi connectivity index (χ2n) is 3.72. The summed E-state index contributed by atoms with van der Waals surface area (Å²) < 4.78 is 0. The fraction of sp³-hybridized carbons (Fsp3) is 0. The second-order valence-corrected chi connectivity index (χ2v) is 3.72. The Morgan fingerprint density at radius 2 is 2.12 bits per heavy atom. The van der Waals surface area contributed by atoms with Crippen molar-refractivity contribution in [2.45, 2.75) is 0 Å². The number of aromatic amines is 1. The van der Waals surface area contributed by atoms with E-state index in [0.717, 1.165) is 22.6 Å². The second kappa shape index (κ2) is 3.79. The van der Waals surface area contributed by atoms with Crippen molar-refractivity contribution >= 4 is 28.2 Å². The first-order valence-corrected chi connectivity index (χ1v) is 5.24. The van der Waals surface area contributed by atoms with E-state index in [9.17, 15) is 0 Å². The zero-order valence-corrected chi connectivity index (χ0v) is 9.01. The van der Waals surface area contributed by atoms with Crippen LogP contribution in [0.2, 0.25) is 0 Å². The third-order valence-electron chi connectivity index (χ3n) is 2.49. The smallest absolute Gasteiger partial charge is 0.183 e. The molecule has 0 bridgehead atoms. The minimum atomic E-state index is 0.693. The Hall–Kier alpha value is -2.56. The van der Waals surface area contributed by atoms with Crippen LogP contribution in [0.1, 0.15) is 0 Å². The van der Waals surface area contributed by atoms with Crippen molar-refractivity contribution in [3.05, 3.63) is 42.6 Å². The standard InChI is InChI=1S/C12H11N5/c13-8-3-1-4-9(7-8)15-12-10-5-2-6-14-11(10)16-17-12/h1-7H,13H2,(H2,14,15,16,17). The van der Waals surface area contributed by atoms with Crippen LogP contribution in [0.3, 0.4) is 0 Å². The number of benzene rings is 1. The molecule has 2 heterocycles. The van der Waals surface area contributed by atoms with E-state index >= 15 is 0 Å². The Kier molecular flexibility index (Phi) is 2.15. The maximum absolute atomic E-state index is 5.72. The van der Waals surface area contributed by atoms with Gasteiger partial charge in [-0.05, 0) is 30.3 Å². The van der Waals surface area contributed by atoms with Gasteiger partial charge in [0.25, 0.3) is 0 Å². The van der Waals surface area contributed by atoms with Gasteiger partial charge in [-0.15, -0.1) is 0 Å². The summed E-state index contributed by atoms with van der Waals surface area (Å²) in [5, 5.41) is 11.2. The minimum absolute atomic E-state index is 0.693. The molecular weight excluding hydrogens is 214 g/mol. The first-order chi connectivity index (χ1) is 8.33. The molecule has 0 fully saturated rings. The molecule has 2 aromatic heterocycles. The van der Waals surface area contributed by atoms with Crippen molar-refractivity contribution in [2.24, 2.45) is 0 Å². The van der Waals surface area contributed by atoms with Crippen molar-refractivity contribution in [2.75, 3.05) is 11.1 Å². The Morgan fingerprint density at radius 1 is 1.18 bits per heavy atom. The number of hydrogen-bond acceptors (Lipinski definition) is 4. The summed E-state index contributed by atoms with van der Waals surface area (Å²) in [5.41, 5.74) is 8.05. The minimum Gasteiger partial charge on any atom is -0.399 e. The van der Waals surface area contributed by atoms with E-state index in [0.29, 0.717) is 5.65 Å². The number of fused-ring (bicyclic) bond motifs is 1. The molecule has 4 N–H and O–H groups in total. The van der Waals surface area contributed by atoms with Gasteiger partial charge in [0, 0.05) is 17.6 Å². The Morgan fingerprint density at radius 3 is 3.00 bits per heavy atom. The van der Waals surface area contributed by atoms with Crippen LogP contribution >= 0.6 is 0 Å². The van der Waals surface area contributed by atoms with E-state index in [2.05, 4.69) is 20.5 Å². The van der Waals surface area contributed by atoms with Crippen LogP contribution < -0.4 is 11.1 Å². The number of anilines is 3. The number of H-pyrrole nitrogens is 1. The lowest BCUT2D eigenvalue weighted by Gasteiger charge is -2.04. The van der Waals surface area contributed by atoms with Crippen molar-refractivity contribution in [1.82, 2.24) is 15.2 Å². The number of pyridine rings is 1. The Balaban J connectivity index is 2.00. The molecule has 0 amide bonds. The first kappa shape index (κ1) is 9.65. The highest BCUT2D eigenvalue weighted by Gasteiger charge is 2.05. The van der Waals surface area contributed by atoms with Crippen molar-refractivity contribution in [3.8, 4) is 0 Å². The van der Waals surface area contributed by atoms with E-state index in [-0.39, 0.29) is 0 Å². The van der Waals surface area contributed by atoms with Gasteiger partial charge in [-0.1, -0.05) is 6.07 Å². The topological polar surface area (TPSA) is 79.6 Å². The molecule has 0 saturated carbocycles. The third kappa shape index (κ3) is 1.78. The molecule has 0 radical (unpaired) electrons. The van der Waals surface area contributed by atoms with Crippen LogP contribution in [0.25, 0.3) is 11.0 Å². The predicted molar refractivity (Wildman–Crippen MR) is 68.0 cm³/mol. The molecule has 0 aliphatic heterocycles. The van der Waals surface area contributed by atoms with Gasteiger partial charge in [0.2, 0.25) is 0 Å². The SMILES string of the molecule is Nc1cccc(Nc2[nH]nc3ncccc23)c1. The molecule has 3 aromatic rings. The quantitative estimate of drug-likeness (QED) is 0.584. The van der Waals surface area contributed by atoms with E-state index < -0.39 is 0 Å². The molecule has 0 unspecified atom stereocenters. The molecule has 0 atom stereocenters. The fourth-order valence-electron chi connectivity index (χ4n) is 1.71. The number of nitrogens with two attached hydrogens (primary N) is 1. The normalized spacial score (nSPS) is 10.6. The highest BCUT2D eigenvalue weighted by molar-refractivity contribution is 5.88. The van der Waals surface area contributed by atoms with E-state index in [4.69, 9.17) is 5.73 Å². The molecule has 1 aromatic carbocycles. The number of nitrogen functional groups attached to an aromatic ring is 1. The number of hydrogen-bond donors (Lipinski definition) is 3. The summed E-state index contributed by atoms with van der Waals surface area (Å²) in [7, 11) is 0. The molecule has 0 saturated heterocycles. The van der Waals surface area contributed by atoms with Crippen LogP contribution in [0.15, 0.2) is 42.6 Å². The van der Waals surface area contributed by atoms with Crippen molar-refractivity contribution < 1.29 is 0 Å². The predicted octanol–water partition coefficient (Wildman–Crippen LogP) is 2.28. The highest BCUT2D eigenvalue weighted by atomic mass is 15.2. The largest absolute Gasteiger partial charge is 0.399 e. The maximum Gasteiger partial charge on any atom is 0.183 e. The zero-order valence-electron chi connectivity index (χ0n) is 9.01. The third-order valence-corrected chi connectivity index (χ3v) is 2.49. The average molecular weight is 225 g/mol. The lowest BCUT2D eigenvalue weighted by Crippen LogP contribution is -1.92. The maximum atomic E-state index is 5.72. The lowest BCUT2D eigenvalue weighted by molar-refractivity contribution is 1.10. The summed E-state index contributed by atoms with van der Waals surface area (Å²) in [6, 6.07) is 11.4. The van der Waals surface area contributed by atoms with Crippen LogP contribution in [0.4, 0.5) is 17.2 Å². The van der Waals surface area contributed by atoms with Crippen LogP contribution in [-0.2, 0) is 0 Å². The van der Waals surface area contributed by atoms with Gasteiger partial charge in [-0.2, -0.15) is 5.10 Å². The number of rotatable bonds is 2. The van der Waals surface area contributed by atoms with Crippen molar-refractivity contribution in [1.29, 1.82) is 0 Å². The molecular formula is C12H11N5. The average Bonchev–Trinajstić information content (AvgIpc) is 2.73. The fourth-order valence-corrected chi connectivity index (χ4v) is 1.71. The summed E-state index contributed by atoms with van der Waals surface area (Å²) in [5.74, 6) is 0.818. The molecule has 0 aliphatic rings.